The minimum absolute atomic E-state index is 0.0847. The van der Waals surface area contributed by atoms with Gasteiger partial charge in [0.1, 0.15) is 6.04 Å². The van der Waals surface area contributed by atoms with Crippen LogP contribution in [0.3, 0.4) is 0 Å². The Hall–Kier alpha value is -3.19. The highest BCUT2D eigenvalue weighted by molar-refractivity contribution is 5.91. The molecular weight excluding hydrogens is 478 g/mol. The Morgan fingerprint density at radius 3 is 2.42 bits per heavy atom. The first-order chi connectivity index (χ1) is 18.2. The zero-order valence-electron chi connectivity index (χ0n) is 23.2. The smallest absolute Gasteiger partial charge is 0.247 e. The van der Waals surface area contributed by atoms with Crippen molar-refractivity contribution in [2.75, 3.05) is 6.54 Å². The molecule has 0 aliphatic carbocycles. The van der Waals surface area contributed by atoms with E-state index < -0.39 is 23.8 Å². The molecule has 3 amide bonds. The number of nitrogens with zero attached hydrogens (tertiary/aromatic N) is 1. The summed E-state index contributed by atoms with van der Waals surface area (Å²) in [4.78, 5) is 41.4. The zero-order valence-corrected chi connectivity index (χ0v) is 23.2. The molecule has 2 aromatic carbocycles. The summed E-state index contributed by atoms with van der Waals surface area (Å²) >= 11 is 0. The summed E-state index contributed by atoms with van der Waals surface area (Å²) in [5, 5.41) is 12.3. The van der Waals surface area contributed by atoms with Crippen LogP contribution in [0.1, 0.15) is 70.4 Å². The predicted molar refractivity (Wildman–Crippen MR) is 149 cm³/mol. The fourth-order valence-electron chi connectivity index (χ4n) is 5.36. The third-order valence-corrected chi connectivity index (χ3v) is 7.38. The van der Waals surface area contributed by atoms with Gasteiger partial charge in [0.2, 0.25) is 17.7 Å². The van der Waals surface area contributed by atoms with Crippen molar-refractivity contribution in [2.24, 2.45) is 17.8 Å². The van der Waals surface area contributed by atoms with E-state index in [1.54, 1.807) is 5.48 Å². The van der Waals surface area contributed by atoms with Gasteiger partial charge in [0.05, 0.1) is 5.92 Å². The van der Waals surface area contributed by atoms with Gasteiger partial charge in [0.15, 0.2) is 0 Å². The average molecular weight is 522 g/mol. The average Bonchev–Trinajstić information content (AvgIpc) is 3.07. The summed E-state index contributed by atoms with van der Waals surface area (Å²) in [6, 6.07) is 16.0. The maximum absolute atomic E-state index is 13.6. The molecule has 38 heavy (non-hydrogen) atoms. The number of benzene rings is 2. The van der Waals surface area contributed by atoms with Crippen LogP contribution in [-0.2, 0) is 20.9 Å². The van der Waals surface area contributed by atoms with Crippen molar-refractivity contribution in [3.05, 3.63) is 59.7 Å². The Labute approximate surface area is 227 Å². The Bertz CT molecular complexity index is 1080. The largest absolute Gasteiger partial charge is 0.344 e. The van der Waals surface area contributed by atoms with Gasteiger partial charge in [-0.05, 0) is 67.7 Å². The predicted octanol–water partition coefficient (Wildman–Crippen LogP) is 5.24. The van der Waals surface area contributed by atoms with E-state index in [0.29, 0.717) is 38.8 Å². The first kappa shape index (κ1) is 29.4. The molecule has 0 aromatic heterocycles. The summed E-state index contributed by atoms with van der Waals surface area (Å²) in [6.07, 6.45) is 3.97. The number of nitrogens with one attached hydrogen (secondary N) is 2. The van der Waals surface area contributed by atoms with Crippen molar-refractivity contribution in [3.8, 4) is 11.1 Å². The number of likely N-dealkylation sites (tertiary alicyclic amines) is 1. The number of carbonyl (C=O) groups is 3. The molecule has 1 saturated heterocycles. The van der Waals surface area contributed by atoms with Crippen LogP contribution in [0.5, 0.6) is 0 Å². The quantitative estimate of drug-likeness (QED) is 0.278. The van der Waals surface area contributed by atoms with Crippen molar-refractivity contribution in [2.45, 2.75) is 78.8 Å². The van der Waals surface area contributed by atoms with Crippen LogP contribution in [0.15, 0.2) is 48.5 Å². The van der Waals surface area contributed by atoms with Gasteiger partial charge in [-0.1, -0.05) is 75.2 Å². The third-order valence-electron chi connectivity index (χ3n) is 7.38. The minimum Gasteiger partial charge on any atom is -0.344 e. The molecule has 3 N–H and O–H groups in total. The molecule has 7 nitrogen and oxygen atoms in total. The van der Waals surface area contributed by atoms with Gasteiger partial charge < -0.3 is 10.2 Å². The van der Waals surface area contributed by atoms with E-state index in [2.05, 4.69) is 48.6 Å². The van der Waals surface area contributed by atoms with Crippen LogP contribution in [0, 0.1) is 24.7 Å². The fourth-order valence-corrected chi connectivity index (χ4v) is 5.36. The highest BCUT2D eigenvalue weighted by atomic mass is 16.5. The minimum atomic E-state index is -0.645. The fraction of sp³-hybridized carbons (Fsp3) is 0.516. The lowest BCUT2D eigenvalue weighted by molar-refractivity contribution is -0.143. The second-order valence-corrected chi connectivity index (χ2v) is 11.0. The molecule has 0 unspecified atom stereocenters. The van der Waals surface area contributed by atoms with E-state index >= 15 is 0 Å². The number of hydrogen-bond donors (Lipinski definition) is 3. The number of carbonyl (C=O) groups excluding carboxylic acids is 3. The molecule has 1 aliphatic heterocycles. The normalized spacial score (nSPS) is 17.6. The van der Waals surface area contributed by atoms with Crippen LogP contribution in [0.2, 0.25) is 0 Å². The van der Waals surface area contributed by atoms with Crippen molar-refractivity contribution in [1.29, 1.82) is 0 Å². The first-order valence-corrected chi connectivity index (χ1v) is 13.9. The topological polar surface area (TPSA) is 98.7 Å². The number of hydroxylamine groups is 1. The first-order valence-electron chi connectivity index (χ1n) is 13.9. The van der Waals surface area contributed by atoms with E-state index in [4.69, 9.17) is 0 Å². The molecule has 0 radical (unpaired) electrons. The second kappa shape index (κ2) is 14.1. The molecule has 3 rings (SSSR count). The van der Waals surface area contributed by atoms with Crippen molar-refractivity contribution < 1.29 is 19.6 Å². The van der Waals surface area contributed by atoms with Gasteiger partial charge in [0.25, 0.3) is 0 Å². The lowest BCUT2D eigenvalue weighted by Crippen LogP contribution is -2.51. The molecule has 3 atom stereocenters. The van der Waals surface area contributed by atoms with E-state index in [1.807, 2.05) is 37.8 Å². The SMILES string of the molecule is CCC[C@H](C(=O)NO)[C@H](CC(C)C)C(=O)N[C@H]1CCCCN(Cc2cccc(-c3ccc(C)cc3)c2)C1=O. The summed E-state index contributed by atoms with van der Waals surface area (Å²) in [6.45, 7) is 9.14. The number of amides is 3. The lowest BCUT2D eigenvalue weighted by atomic mass is 9.81. The summed E-state index contributed by atoms with van der Waals surface area (Å²) in [7, 11) is 0. The van der Waals surface area contributed by atoms with E-state index in [1.165, 1.54) is 5.56 Å². The number of rotatable bonds is 11. The van der Waals surface area contributed by atoms with E-state index in [0.717, 1.165) is 29.5 Å². The molecule has 0 spiro atoms. The summed E-state index contributed by atoms with van der Waals surface area (Å²) < 4.78 is 0. The van der Waals surface area contributed by atoms with Crippen LogP contribution in [0.25, 0.3) is 11.1 Å². The summed E-state index contributed by atoms with van der Waals surface area (Å²) in [5.74, 6) is -2.00. The van der Waals surface area contributed by atoms with E-state index in [-0.39, 0.29) is 17.7 Å². The Kier molecular flexibility index (Phi) is 10.9. The van der Waals surface area contributed by atoms with Gasteiger partial charge in [-0.3, -0.25) is 19.6 Å². The van der Waals surface area contributed by atoms with Crippen molar-refractivity contribution in [3.63, 3.8) is 0 Å². The van der Waals surface area contributed by atoms with Crippen molar-refractivity contribution in [1.82, 2.24) is 15.7 Å². The molecule has 206 valence electrons. The van der Waals surface area contributed by atoms with Gasteiger partial charge in [-0.15, -0.1) is 0 Å². The maximum Gasteiger partial charge on any atom is 0.247 e. The monoisotopic (exact) mass is 521 g/mol. The zero-order chi connectivity index (χ0) is 27.7. The van der Waals surface area contributed by atoms with Crippen molar-refractivity contribution >= 4 is 17.7 Å². The van der Waals surface area contributed by atoms with Gasteiger partial charge in [-0.25, -0.2) is 5.48 Å². The van der Waals surface area contributed by atoms with Gasteiger partial charge >= 0.3 is 0 Å². The van der Waals surface area contributed by atoms with Crippen LogP contribution < -0.4 is 10.8 Å². The van der Waals surface area contributed by atoms with E-state index in [9.17, 15) is 19.6 Å². The Morgan fingerprint density at radius 1 is 1.03 bits per heavy atom. The van der Waals surface area contributed by atoms with Crippen LogP contribution >= 0.6 is 0 Å². The Balaban J connectivity index is 1.75. The third kappa shape index (κ3) is 7.90. The molecule has 2 aromatic rings. The molecule has 0 bridgehead atoms. The molecule has 1 aliphatic rings. The number of aryl methyl sites for hydroxylation is 1. The molecule has 0 saturated carbocycles. The highest BCUT2D eigenvalue weighted by Crippen LogP contribution is 2.27. The molecule has 1 fully saturated rings. The molecule has 7 heteroatoms. The molecule has 1 heterocycles. The van der Waals surface area contributed by atoms with Crippen LogP contribution in [-0.4, -0.2) is 40.4 Å². The highest BCUT2D eigenvalue weighted by Gasteiger charge is 2.36. The van der Waals surface area contributed by atoms with Gasteiger partial charge in [0, 0.05) is 19.0 Å². The van der Waals surface area contributed by atoms with Crippen LogP contribution in [0.4, 0.5) is 0 Å². The second-order valence-electron chi connectivity index (χ2n) is 11.0. The standard InChI is InChI=1S/C31H43N3O4/c1-5-9-26(30(36)33-38)27(18-21(2)3)29(35)32-28-12-6-7-17-34(31(28)37)20-23-10-8-11-25(19-23)24-15-13-22(4)14-16-24/h8,10-11,13-16,19,21,26-28,38H,5-7,9,12,17-18,20H2,1-4H3,(H,32,35)(H,33,36)/t26-,27-,28-/m0/s1. The Morgan fingerprint density at radius 2 is 1.76 bits per heavy atom. The number of hydrogen-bond acceptors (Lipinski definition) is 4. The van der Waals surface area contributed by atoms with Gasteiger partial charge in [-0.2, -0.15) is 0 Å². The lowest BCUT2D eigenvalue weighted by Gasteiger charge is -2.29. The maximum atomic E-state index is 13.6. The summed E-state index contributed by atoms with van der Waals surface area (Å²) in [5.41, 5.74) is 6.24. The molecular formula is C31H43N3O4.